The van der Waals surface area contributed by atoms with Crippen LogP contribution in [0.3, 0.4) is 0 Å². The number of allylic oxidation sites excluding steroid dienone is 8. The average molecular weight is 640 g/mol. The first-order valence-corrected chi connectivity index (χ1v) is 17.2. The first kappa shape index (κ1) is 27.8. The maximum absolute atomic E-state index is 6.48. The van der Waals surface area contributed by atoms with Gasteiger partial charge in [-0.3, -0.25) is 0 Å². The van der Waals surface area contributed by atoms with Gasteiger partial charge in [-0.2, -0.15) is 0 Å². The van der Waals surface area contributed by atoms with Crippen molar-refractivity contribution in [1.29, 1.82) is 0 Å². The van der Waals surface area contributed by atoms with E-state index in [2.05, 4.69) is 165 Å². The number of hydrogen-bond acceptors (Lipinski definition) is 6. The number of benzene rings is 4. The third kappa shape index (κ3) is 4.02. The Hall–Kier alpha value is -6.14. The molecule has 0 radical (unpaired) electrons. The number of para-hydroxylation sites is 4. The number of furan rings is 2. The van der Waals surface area contributed by atoms with Crippen LogP contribution in [0.4, 0.5) is 0 Å². The highest BCUT2D eigenvalue weighted by molar-refractivity contribution is 6.92. The summed E-state index contributed by atoms with van der Waals surface area (Å²) in [6.07, 6.45) is 22.1. The number of hydrogen-bond donors (Lipinski definition) is 0. The van der Waals surface area contributed by atoms with Crippen LogP contribution < -0.4 is 0 Å². The molecule has 0 atom stereocenters. The molecule has 0 aliphatic carbocycles. The molecular weight excluding hydrogens is 612 g/mol. The summed E-state index contributed by atoms with van der Waals surface area (Å²) in [6, 6.07) is 29.5. The van der Waals surface area contributed by atoms with E-state index in [9.17, 15) is 0 Å². The van der Waals surface area contributed by atoms with Crippen LogP contribution in [0.5, 0.6) is 0 Å². The van der Waals surface area contributed by atoms with Crippen LogP contribution in [0.15, 0.2) is 179 Å². The number of fused-ring (bicyclic) bond motifs is 14. The zero-order valence-corrected chi connectivity index (χ0v) is 27.1. The highest BCUT2D eigenvalue weighted by Gasteiger charge is 2.50. The van der Waals surface area contributed by atoms with Gasteiger partial charge in [0.05, 0.1) is 0 Å². The minimum Gasteiger partial charge on any atom is -0.455 e. The molecule has 5 aliphatic heterocycles. The molecule has 50 heavy (non-hydrogen) atoms. The van der Waals surface area contributed by atoms with Crippen LogP contribution >= 0.6 is 0 Å². The van der Waals surface area contributed by atoms with E-state index in [0.29, 0.717) is 0 Å². The Labute approximate surface area is 291 Å². The SMILES string of the molecule is C1=CB2N(C=C1)B1C=C(c3cccc4c3oc3ccccc34)C=CN1B1C=CC=CN1B1C=C(c3cccc4c3oc3ccccc34)C=CN21. The van der Waals surface area contributed by atoms with E-state index < -0.39 is 0 Å². The highest BCUT2D eigenvalue weighted by Crippen LogP contribution is 2.39. The molecule has 0 spiro atoms. The van der Waals surface area contributed by atoms with Crippen molar-refractivity contribution in [2.24, 2.45) is 0 Å². The maximum atomic E-state index is 6.48. The molecule has 7 heterocycles. The van der Waals surface area contributed by atoms with Crippen LogP contribution in [-0.4, -0.2) is 46.8 Å². The molecule has 0 amide bonds. The summed E-state index contributed by atoms with van der Waals surface area (Å²) in [5.41, 5.74) is 8.16. The van der Waals surface area contributed by atoms with Crippen LogP contribution in [0, 0.1) is 0 Å². The molecule has 1 fully saturated rings. The molecule has 10 heteroatoms. The summed E-state index contributed by atoms with van der Waals surface area (Å²) in [7, 11) is 0. The predicted molar refractivity (Wildman–Crippen MR) is 209 cm³/mol. The molecule has 0 saturated carbocycles. The van der Waals surface area contributed by atoms with Crippen LogP contribution in [0.1, 0.15) is 11.1 Å². The van der Waals surface area contributed by atoms with Gasteiger partial charge in [0.25, 0.3) is 0 Å². The summed E-state index contributed by atoms with van der Waals surface area (Å²) in [4.78, 5) is 0. The average Bonchev–Trinajstić information content (AvgIpc) is 3.76. The molecule has 5 aliphatic rings. The lowest BCUT2D eigenvalue weighted by atomic mass is 9.41. The van der Waals surface area contributed by atoms with Crippen molar-refractivity contribution in [1.82, 2.24) is 18.9 Å². The fraction of sp³-hybridized carbons (Fsp3) is 0. The van der Waals surface area contributed by atoms with E-state index in [-0.39, 0.29) is 27.9 Å². The molecular formula is C40H28B4N4O2. The van der Waals surface area contributed by atoms with Crippen molar-refractivity contribution in [2.75, 3.05) is 0 Å². The quantitative estimate of drug-likeness (QED) is 0.177. The van der Waals surface area contributed by atoms with Gasteiger partial charge in [-0.05, 0) is 72.4 Å². The van der Waals surface area contributed by atoms with Crippen molar-refractivity contribution < 1.29 is 8.83 Å². The van der Waals surface area contributed by atoms with E-state index in [1.807, 2.05) is 24.3 Å². The lowest BCUT2D eigenvalue weighted by molar-refractivity contribution is 0.622. The first-order valence-electron chi connectivity index (χ1n) is 17.2. The van der Waals surface area contributed by atoms with Crippen molar-refractivity contribution >= 4 is 83.0 Å². The second-order valence-electron chi connectivity index (χ2n) is 13.3. The van der Waals surface area contributed by atoms with E-state index >= 15 is 0 Å². The van der Waals surface area contributed by atoms with E-state index in [1.54, 1.807) is 0 Å². The third-order valence-electron chi connectivity index (χ3n) is 10.7. The molecule has 1 saturated heterocycles. The summed E-state index contributed by atoms with van der Waals surface area (Å²) in [5, 5.41) is 4.56. The van der Waals surface area contributed by atoms with Crippen LogP contribution in [0.2, 0.25) is 0 Å². The lowest BCUT2D eigenvalue weighted by Crippen LogP contribution is -2.73. The van der Waals surface area contributed by atoms with Gasteiger partial charge in [-0.15, -0.1) is 0 Å². The van der Waals surface area contributed by atoms with E-state index in [1.165, 1.54) is 0 Å². The monoisotopic (exact) mass is 640 g/mol. The van der Waals surface area contributed by atoms with E-state index in [4.69, 9.17) is 8.83 Å². The molecule has 232 valence electrons. The van der Waals surface area contributed by atoms with Crippen molar-refractivity contribution in [3.05, 3.63) is 181 Å². The summed E-state index contributed by atoms with van der Waals surface area (Å²) < 4.78 is 22.8. The van der Waals surface area contributed by atoms with Crippen molar-refractivity contribution in [2.45, 2.75) is 0 Å². The molecule has 4 aromatic carbocycles. The second kappa shape index (κ2) is 10.7. The maximum Gasteiger partial charge on any atom is 0.381 e. The largest absolute Gasteiger partial charge is 0.455 e. The fourth-order valence-electron chi connectivity index (χ4n) is 8.39. The van der Waals surface area contributed by atoms with Gasteiger partial charge in [-0.1, -0.05) is 109 Å². The van der Waals surface area contributed by atoms with Gasteiger partial charge in [0.15, 0.2) is 0 Å². The summed E-state index contributed by atoms with van der Waals surface area (Å²) in [6.45, 7) is -0.179. The zero-order valence-electron chi connectivity index (χ0n) is 27.1. The Morgan fingerprint density at radius 1 is 0.400 bits per heavy atom. The Bertz CT molecular complexity index is 2450. The van der Waals surface area contributed by atoms with Crippen LogP contribution in [-0.2, 0) is 0 Å². The third-order valence-corrected chi connectivity index (χ3v) is 10.7. The van der Waals surface area contributed by atoms with Gasteiger partial charge in [-0.25, -0.2) is 0 Å². The molecule has 0 bridgehead atoms. The van der Waals surface area contributed by atoms with Gasteiger partial charge in [0.2, 0.25) is 0 Å². The first-order chi connectivity index (χ1) is 24.8. The molecule has 6 nitrogen and oxygen atoms in total. The minimum atomic E-state index is -0.0616. The molecule has 6 aromatic rings. The Balaban J connectivity index is 1.03. The smallest absolute Gasteiger partial charge is 0.381 e. The van der Waals surface area contributed by atoms with Crippen molar-refractivity contribution in [3.8, 4) is 0 Å². The predicted octanol–water partition coefficient (Wildman–Crippen LogP) is 8.51. The van der Waals surface area contributed by atoms with Gasteiger partial charge >= 0.3 is 27.9 Å². The Morgan fingerprint density at radius 3 is 1.34 bits per heavy atom. The zero-order chi connectivity index (χ0) is 32.8. The van der Waals surface area contributed by atoms with Gasteiger partial charge in [0, 0.05) is 32.7 Å². The summed E-state index contributed by atoms with van der Waals surface area (Å²) >= 11 is 0. The second-order valence-corrected chi connectivity index (χ2v) is 13.3. The topological polar surface area (TPSA) is 39.2 Å². The molecule has 0 unspecified atom stereocenters. The minimum absolute atomic E-state index is 0.0280. The van der Waals surface area contributed by atoms with Gasteiger partial charge < -0.3 is 27.7 Å². The normalized spacial score (nSPS) is 17.8. The number of rotatable bonds is 2. The lowest BCUT2D eigenvalue weighted by Gasteiger charge is -2.53. The van der Waals surface area contributed by atoms with E-state index in [0.717, 1.165) is 66.2 Å². The van der Waals surface area contributed by atoms with Crippen molar-refractivity contribution in [3.63, 3.8) is 0 Å². The fourth-order valence-corrected chi connectivity index (χ4v) is 8.39. The molecule has 2 aromatic heterocycles. The van der Waals surface area contributed by atoms with Gasteiger partial charge in [0.1, 0.15) is 22.3 Å². The standard InChI is InChI=1S/C40H28B4N4O2/c1-3-17-37-33(11-1)35-15-9-13-31(39(35)49-37)29-19-25-47-42-22-6-8-24-46(42)44-28-30(20-26-48(44)41-21-5-7-23-45(41)43(47)27-29)32-14-10-16-36-34-12-2-4-18-38(34)50-40(32)36/h1-28H. The number of nitrogens with zero attached hydrogens (tertiary/aromatic N) is 4. The Morgan fingerprint density at radius 2 is 0.840 bits per heavy atom. The highest BCUT2D eigenvalue weighted by atomic mass is 16.3. The summed E-state index contributed by atoms with van der Waals surface area (Å²) in [5.74, 6) is 9.37. The molecule has 0 N–H and O–H groups in total. The Kier molecular flexibility index (Phi) is 5.93. The molecule has 11 rings (SSSR count). The van der Waals surface area contributed by atoms with Crippen LogP contribution in [0.25, 0.3) is 55.0 Å².